The third kappa shape index (κ3) is 4.23. The second kappa shape index (κ2) is 8.88. The van der Waals surface area contributed by atoms with Crippen LogP contribution in [0.25, 0.3) is 0 Å². The number of carbonyl (C=O) groups is 1. The van der Waals surface area contributed by atoms with Crippen LogP contribution in [0.3, 0.4) is 0 Å². The lowest BCUT2D eigenvalue weighted by atomic mass is 10.00. The number of hydrogen-bond acceptors (Lipinski definition) is 5. The number of amides is 1. The van der Waals surface area contributed by atoms with Crippen molar-refractivity contribution in [2.45, 2.75) is 19.9 Å². The van der Waals surface area contributed by atoms with Crippen molar-refractivity contribution < 1.29 is 4.79 Å². The first-order chi connectivity index (χ1) is 14.6. The van der Waals surface area contributed by atoms with Crippen LogP contribution in [0.4, 0.5) is 10.8 Å². The fourth-order valence-corrected chi connectivity index (χ4v) is 4.38. The molecule has 0 aliphatic rings. The van der Waals surface area contributed by atoms with Crippen LogP contribution >= 0.6 is 11.3 Å². The Morgan fingerprint density at radius 1 is 0.900 bits per heavy atom. The van der Waals surface area contributed by atoms with Crippen molar-refractivity contribution in [2.75, 3.05) is 10.6 Å². The Labute approximate surface area is 179 Å². The zero-order valence-electron chi connectivity index (χ0n) is 16.8. The fourth-order valence-electron chi connectivity index (χ4n) is 3.29. The molecule has 5 nitrogen and oxygen atoms in total. The number of aromatic nitrogens is 2. The van der Waals surface area contributed by atoms with Crippen molar-refractivity contribution in [3.05, 3.63) is 106 Å². The predicted octanol–water partition coefficient (Wildman–Crippen LogP) is 5.61. The lowest BCUT2D eigenvalue weighted by Crippen LogP contribution is -2.18. The highest BCUT2D eigenvalue weighted by Gasteiger charge is 2.26. The number of benzene rings is 1. The van der Waals surface area contributed by atoms with E-state index in [4.69, 9.17) is 0 Å². The molecule has 1 aromatic carbocycles. The topological polar surface area (TPSA) is 66.9 Å². The van der Waals surface area contributed by atoms with Gasteiger partial charge in [-0.05, 0) is 55.8 Å². The molecule has 1 atom stereocenters. The van der Waals surface area contributed by atoms with E-state index >= 15 is 0 Å². The maximum atomic E-state index is 12.9. The molecule has 0 saturated carbocycles. The summed E-state index contributed by atoms with van der Waals surface area (Å²) in [7, 11) is 0. The molecule has 3 aromatic heterocycles. The minimum Gasteiger partial charge on any atom is -0.357 e. The van der Waals surface area contributed by atoms with Crippen molar-refractivity contribution in [3.63, 3.8) is 0 Å². The van der Waals surface area contributed by atoms with Crippen LogP contribution in [0.2, 0.25) is 0 Å². The zero-order chi connectivity index (χ0) is 20.9. The number of rotatable bonds is 6. The van der Waals surface area contributed by atoms with E-state index in [2.05, 4.69) is 34.4 Å². The van der Waals surface area contributed by atoms with Gasteiger partial charge in [0.2, 0.25) is 0 Å². The Balaban J connectivity index is 1.76. The number of thiophene rings is 1. The van der Waals surface area contributed by atoms with Gasteiger partial charge >= 0.3 is 0 Å². The highest BCUT2D eigenvalue weighted by atomic mass is 32.1. The van der Waals surface area contributed by atoms with Crippen molar-refractivity contribution in [1.29, 1.82) is 0 Å². The zero-order valence-corrected chi connectivity index (χ0v) is 17.6. The molecule has 0 aliphatic carbocycles. The van der Waals surface area contributed by atoms with Crippen molar-refractivity contribution in [1.82, 2.24) is 9.97 Å². The Morgan fingerprint density at radius 2 is 1.60 bits per heavy atom. The van der Waals surface area contributed by atoms with Gasteiger partial charge in [0.1, 0.15) is 10.8 Å². The molecule has 0 unspecified atom stereocenters. The van der Waals surface area contributed by atoms with E-state index in [1.165, 1.54) is 0 Å². The van der Waals surface area contributed by atoms with Crippen LogP contribution < -0.4 is 10.6 Å². The third-order valence-electron chi connectivity index (χ3n) is 4.92. The van der Waals surface area contributed by atoms with Crippen molar-refractivity contribution in [3.8, 4) is 0 Å². The summed E-state index contributed by atoms with van der Waals surface area (Å²) in [5.41, 5.74) is 3.62. The largest absolute Gasteiger partial charge is 0.357 e. The van der Waals surface area contributed by atoms with Gasteiger partial charge in [0, 0.05) is 28.4 Å². The molecule has 6 heteroatoms. The fraction of sp³-hybridized carbons (Fsp3) is 0.125. The lowest BCUT2D eigenvalue weighted by Gasteiger charge is -2.21. The summed E-state index contributed by atoms with van der Waals surface area (Å²) in [5, 5.41) is 7.43. The molecule has 2 N–H and O–H groups in total. The van der Waals surface area contributed by atoms with E-state index in [0.717, 1.165) is 32.5 Å². The average Bonchev–Trinajstić information content (AvgIpc) is 3.07. The molecule has 4 aromatic rings. The number of hydrogen-bond donors (Lipinski definition) is 2. The maximum Gasteiger partial charge on any atom is 0.256 e. The lowest BCUT2D eigenvalue weighted by molar-refractivity contribution is 0.102. The number of nitrogens with zero attached hydrogens (tertiary/aromatic N) is 2. The monoisotopic (exact) mass is 414 g/mol. The second-order valence-electron chi connectivity index (χ2n) is 6.89. The molecule has 0 spiro atoms. The molecule has 0 bridgehead atoms. The highest BCUT2D eigenvalue weighted by molar-refractivity contribution is 7.16. The summed E-state index contributed by atoms with van der Waals surface area (Å²) in [5.74, 6) is 0.618. The third-order valence-corrected chi connectivity index (χ3v) is 6.06. The minimum atomic E-state index is -0.253. The Morgan fingerprint density at radius 3 is 2.27 bits per heavy atom. The standard InChI is InChI=1S/C24H22N4OS/c1-16-17(2)30-24(28-23(29)18-10-4-3-5-11-18)21(16)22(19-12-6-8-14-25-19)27-20-13-7-9-15-26-20/h3-15,22H,1-2H3,(H,26,27)(H,28,29)/t22-/m0/s1. The van der Waals surface area contributed by atoms with Crippen molar-refractivity contribution in [2.24, 2.45) is 0 Å². The molecule has 4 rings (SSSR count). The molecule has 0 radical (unpaired) electrons. The summed E-state index contributed by atoms with van der Waals surface area (Å²) < 4.78 is 0. The number of aryl methyl sites for hydroxylation is 1. The molecule has 0 aliphatic heterocycles. The van der Waals surface area contributed by atoms with Crippen LogP contribution in [0.5, 0.6) is 0 Å². The predicted molar refractivity (Wildman–Crippen MR) is 122 cm³/mol. The summed E-state index contributed by atoms with van der Waals surface area (Å²) in [6.45, 7) is 4.15. The molecular weight excluding hydrogens is 392 g/mol. The summed E-state index contributed by atoms with van der Waals surface area (Å²) in [4.78, 5) is 23.0. The second-order valence-corrected chi connectivity index (χ2v) is 8.12. The van der Waals surface area contributed by atoms with Gasteiger partial charge in [-0.15, -0.1) is 11.3 Å². The number of anilines is 2. The van der Waals surface area contributed by atoms with Crippen LogP contribution in [0, 0.1) is 13.8 Å². The molecule has 0 saturated heterocycles. The first-order valence-electron chi connectivity index (χ1n) is 9.68. The molecule has 30 heavy (non-hydrogen) atoms. The Bertz CT molecular complexity index is 1130. The van der Waals surface area contributed by atoms with E-state index in [0.29, 0.717) is 5.56 Å². The van der Waals surface area contributed by atoms with Gasteiger partial charge in [-0.1, -0.05) is 30.3 Å². The smallest absolute Gasteiger partial charge is 0.256 e. The summed E-state index contributed by atoms with van der Waals surface area (Å²) in [6.07, 6.45) is 3.53. The summed E-state index contributed by atoms with van der Waals surface area (Å²) >= 11 is 1.58. The van der Waals surface area contributed by atoms with Crippen LogP contribution in [0.1, 0.15) is 38.1 Å². The van der Waals surface area contributed by atoms with E-state index in [1.54, 1.807) is 23.7 Å². The number of nitrogens with one attached hydrogen (secondary N) is 2. The van der Waals surface area contributed by atoms with E-state index in [9.17, 15) is 4.79 Å². The first-order valence-corrected chi connectivity index (χ1v) is 10.5. The van der Waals surface area contributed by atoms with Gasteiger partial charge in [0.25, 0.3) is 5.91 Å². The molecule has 3 heterocycles. The van der Waals surface area contributed by atoms with Gasteiger partial charge in [-0.25, -0.2) is 4.98 Å². The number of pyridine rings is 2. The molecular formula is C24H22N4OS. The first kappa shape index (κ1) is 19.8. The van der Waals surface area contributed by atoms with E-state index in [1.807, 2.05) is 66.7 Å². The average molecular weight is 415 g/mol. The van der Waals surface area contributed by atoms with E-state index < -0.39 is 0 Å². The number of carbonyl (C=O) groups excluding carboxylic acids is 1. The van der Waals surface area contributed by atoms with Crippen molar-refractivity contribution >= 4 is 28.1 Å². The maximum absolute atomic E-state index is 12.9. The quantitative estimate of drug-likeness (QED) is 0.430. The van der Waals surface area contributed by atoms with E-state index in [-0.39, 0.29) is 11.9 Å². The molecule has 0 fully saturated rings. The molecule has 150 valence electrons. The highest BCUT2D eigenvalue weighted by Crippen LogP contribution is 2.40. The van der Waals surface area contributed by atoms with Gasteiger partial charge in [-0.3, -0.25) is 9.78 Å². The normalized spacial score (nSPS) is 11.7. The van der Waals surface area contributed by atoms with Gasteiger partial charge < -0.3 is 10.6 Å². The van der Waals surface area contributed by atoms with Crippen LogP contribution in [0.15, 0.2) is 79.1 Å². The summed E-state index contributed by atoms with van der Waals surface area (Å²) in [6, 6.07) is 20.6. The minimum absolute atomic E-state index is 0.129. The molecule has 1 amide bonds. The van der Waals surface area contributed by atoms with Gasteiger partial charge in [0.05, 0.1) is 11.7 Å². The van der Waals surface area contributed by atoms with Crippen LogP contribution in [-0.4, -0.2) is 15.9 Å². The SMILES string of the molecule is Cc1sc(NC(=O)c2ccccc2)c([C@@H](Nc2ccccn2)c2ccccn2)c1C. The van der Waals surface area contributed by atoms with Gasteiger partial charge in [-0.2, -0.15) is 0 Å². The Kier molecular flexibility index (Phi) is 5.86. The van der Waals surface area contributed by atoms with Crippen LogP contribution in [-0.2, 0) is 0 Å². The van der Waals surface area contributed by atoms with Gasteiger partial charge in [0.15, 0.2) is 0 Å². The Hall–Kier alpha value is -3.51.